The highest BCUT2D eigenvalue weighted by Crippen LogP contribution is 2.20. The lowest BCUT2D eigenvalue weighted by atomic mass is 9.92. The molecule has 2 rings (SSSR count). The number of anilines is 1. The van der Waals surface area contributed by atoms with Gasteiger partial charge in [0.2, 0.25) is 5.91 Å². The van der Waals surface area contributed by atoms with Crippen molar-refractivity contribution in [1.82, 2.24) is 15.5 Å². The second-order valence-corrected chi connectivity index (χ2v) is 8.07. The Kier molecular flexibility index (Phi) is 11.4. The van der Waals surface area contributed by atoms with Gasteiger partial charge in [-0.3, -0.25) is 14.7 Å². The average Bonchev–Trinajstić information content (AvgIpc) is 2.78. The van der Waals surface area contributed by atoms with Crippen molar-refractivity contribution in [2.24, 2.45) is 10.9 Å². The lowest BCUT2D eigenvalue weighted by molar-refractivity contribution is -0.114. The molecule has 3 N–H and O–H groups in total. The fraction of sp³-hybridized carbons (Fsp3) is 0.667. The maximum Gasteiger partial charge on any atom is 0.221 e. The highest BCUT2D eigenvalue weighted by atomic mass is 16.5. The number of aliphatic imine (C=N–C) groups is 1. The van der Waals surface area contributed by atoms with Crippen LogP contribution in [0.15, 0.2) is 29.3 Å². The molecule has 1 atom stereocenters. The maximum atomic E-state index is 11.1. The minimum absolute atomic E-state index is 0.0512. The van der Waals surface area contributed by atoms with E-state index >= 15 is 0 Å². The van der Waals surface area contributed by atoms with Gasteiger partial charge in [-0.05, 0) is 37.0 Å². The van der Waals surface area contributed by atoms with E-state index in [2.05, 4.69) is 53.8 Å². The molecule has 1 aliphatic heterocycles. The maximum absolute atomic E-state index is 11.1. The van der Waals surface area contributed by atoms with Crippen LogP contribution in [0.25, 0.3) is 0 Å². The normalized spacial score (nSPS) is 16.2. The van der Waals surface area contributed by atoms with Crippen molar-refractivity contribution < 1.29 is 9.53 Å². The van der Waals surface area contributed by atoms with Crippen LogP contribution in [0.5, 0.6) is 0 Å². The van der Waals surface area contributed by atoms with Crippen molar-refractivity contribution in [2.75, 3.05) is 51.3 Å². The number of nitrogens with one attached hydrogen (secondary N) is 3. The third-order valence-electron chi connectivity index (χ3n) is 5.87. The van der Waals surface area contributed by atoms with Crippen LogP contribution in [0.2, 0.25) is 0 Å². The Hall–Kier alpha value is -2.12. The van der Waals surface area contributed by atoms with Crippen molar-refractivity contribution >= 4 is 17.6 Å². The van der Waals surface area contributed by atoms with E-state index in [-0.39, 0.29) is 5.91 Å². The molecule has 1 aromatic rings. The highest BCUT2D eigenvalue weighted by Gasteiger charge is 2.26. The molecule has 7 nitrogen and oxygen atoms in total. The van der Waals surface area contributed by atoms with Gasteiger partial charge < -0.3 is 20.7 Å². The number of amides is 1. The summed E-state index contributed by atoms with van der Waals surface area (Å²) < 4.78 is 5.56. The van der Waals surface area contributed by atoms with E-state index in [9.17, 15) is 4.79 Å². The summed E-state index contributed by atoms with van der Waals surface area (Å²) in [6.45, 7) is 14.3. The molecule has 1 saturated heterocycles. The quantitative estimate of drug-likeness (QED) is 0.371. The first-order chi connectivity index (χ1) is 15.1. The van der Waals surface area contributed by atoms with Crippen LogP contribution in [0.3, 0.4) is 0 Å². The van der Waals surface area contributed by atoms with Crippen molar-refractivity contribution in [1.29, 1.82) is 0 Å². The van der Waals surface area contributed by atoms with Gasteiger partial charge in [-0.25, -0.2) is 0 Å². The van der Waals surface area contributed by atoms with Crippen molar-refractivity contribution in [3.05, 3.63) is 29.8 Å². The minimum Gasteiger partial charge on any atom is -0.379 e. The molecule has 1 amide bonds. The Morgan fingerprint density at radius 2 is 1.77 bits per heavy atom. The van der Waals surface area contributed by atoms with E-state index in [4.69, 9.17) is 9.73 Å². The van der Waals surface area contributed by atoms with E-state index in [0.717, 1.165) is 64.0 Å². The summed E-state index contributed by atoms with van der Waals surface area (Å²) in [7, 11) is 0. The van der Waals surface area contributed by atoms with Gasteiger partial charge in [-0.15, -0.1) is 0 Å². The molecule has 0 radical (unpaired) electrons. The minimum atomic E-state index is -0.0512. The summed E-state index contributed by atoms with van der Waals surface area (Å²) in [4.78, 5) is 18.7. The van der Waals surface area contributed by atoms with Gasteiger partial charge in [0.05, 0.1) is 19.8 Å². The van der Waals surface area contributed by atoms with Crippen LogP contribution < -0.4 is 16.0 Å². The summed E-state index contributed by atoms with van der Waals surface area (Å²) in [5, 5.41) is 9.66. The Morgan fingerprint density at radius 3 is 2.35 bits per heavy atom. The number of hydrogen-bond acceptors (Lipinski definition) is 4. The molecule has 1 aromatic carbocycles. The van der Waals surface area contributed by atoms with Crippen molar-refractivity contribution in [3.63, 3.8) is 0 Å². The highest BCUT2D eigenvalue weighted by molar-refractivity contribution is 5.88. The predicted molar refractivity (Wildman–Crippen MR) is 129 cm³/mol. The van der Waals surface area contributed by atoms with Crippen LogP contribution in [-0.4, -0.2) is 68.7 Å². The number of ether oxygens (including phenoxy) is 1. The molecular weight excluding hydrogens is 390 g/mol. The van der Waals surface area contributed by atoms with E-state index in [1.165, 1.54) is 25.3 Å². The SMILES string of the molecule is CCNC(=NCC(C(CC)CC)N1CCOCC1)NCCc1ccc(NC(C)=O)cc1. The first kappa shape index (κ1) is 25.1. The first-order valence-corrected chi connectivity index (χ1v) is 11.8. The Bertz CT molecular complexity index is 667. The van der Waals surface area contributed by atoms with Gasteiger partial charge in [0.1, 0.15) is 0 Å². The summed E-state index contributed by atoms with van der Waals surface area (Å²) in [5.41, 5.74) is 2.05. The number of hydrogen-bond donors (Lipinski definition) is 3. The van der Waals surface area contributed by atoms with Crippen LogP contribution in [0.4, 0.5) is 5.69 Å². The summed E-state index contributed by atoms with van der Waals surface area (Å²) in [6, 6.07) is 8.45. The third-order valence-corrected chi connectivity index (χ3v) is 5.87. The van der Waals surface area contributed by atoms with Gasteiger partial charge in [-0.2, -0.15) is 0 Å². The number of carbonyl (C=O) groups is 1. The smallest absolute Gasteiger partial charge is 0.221 e. The van der Waals surface area contributed by atoms with E-state index in [0.29, 0.717) is 12.0 Å². The van der Waals surface area contributed by atoms with E-state index < -0.39 is 0 Å². The van der Waals surface area contributed by atoms with Gasteiger partial charge >= 0.3 is 0 Å². The predicted octanol–water partition coefficient (Wildman–Crippen LogP) is 2.88. The Labute approximate surface area is 188 Å². The molecule has 1 aliphatic rings. The van der Waals surface area contributed by atoms with Gasteiger partial charge in [0.25, 0.3) is 0 Å². The standard InChI is InChI=1S/C24H41N5O2/c1-5-21(6-2)23(29-14-16-31-17-15-29)18-27-24(25-7-3)26-13-12-20-8-10-22(11-9-20)28-19(4)30/h8-11,21,23H,5-7,12-18H2,1-4H3,(H,28,30)(H2,25,26,27). The molecule has 174 valence electrons. The third kappa shape index (κ3) is 8.87. The second-order valence-electron chi connectivity index (χ2n) is 8.07. The van der Waals surface area contributed by atoms with E-state index in [1.54, 1.807) is 0 Å². The van der Waals surface area contributed by atoms with Crippen LogP contribution in [0.1, 0.15) is 46.1 Å². The molecule has 0 saturated carbocycles. The summed E-state index contributed by atoms with van der Waals surface area (Å²) in [6.07, 6.45) is 3.24. The van der Waals surface area contributed by atoms with Gasteiger partial charge in [0.15, 0.2) is 5.96 Å². The largest absolute Gasteiger partial charge is 0.379 e. The Balaban J connectivity index is 1.93. The molecule has 0 aliphatic carbocycles. The van der Waals surface area contributed by atoms with Crippen LogP contribution in [-0.2, 0) is 16.0 Å². The molecule has 1 unspecified atom stereocenters. The molecule has 1 heterocycles. The molecule has 0 aromatic heterocycles. The number of nitrogens with zero attached hydrogens (tertiary/aromatic N) is 2. The molecule has 7 heteroatoms. The fourth-order valence-corrected chi connectivity index (χ4v) is 4.11. The lowest BCUT2D eigenvalue weighted by Gasteiger charge is -2.38. The molecule has 31 heavy (non-hydrogen) atoms. The molecular formula is C24H41N5O2. The zero-order valence-electron chi connectivity index (χ0n) is 19.7. The van der Waals surface area contributed by atoms with Crippen LogP contribution in [0, 0.1) is 5.92 Å². The lowest BCUT2D eigenvalue weighted by Crippen LogP contribution is -2.49. The van der Waals surface area contributed by atoms with Crippen molar-refractivity contribution in [2.45, 2.75) is 53.0 Å². The van der Waals surface area contributed by atoms with Crippen LogP contribution >= 0.6 is 0 Å². The van der Waals surface area contributed by atoms with Gasteiger partial charge in [-0.1, -0.05) is 38.8 Å². The summed E-state index contributed by atoms with van der Waals surface area (Å²) in [5.74, 6) is 1.47. The van der Waals surface area contributed by atoms with Gasteiger partial charge in [0, 0.05) is 44.8 Å². The number of morpholine rings is 1. The number of rotatable bonds is 11. The number of guanidine groups is 1. The molecule has 0 spiro atoms. The topological polar surface area (TPSA) is 78.0 Å². The number of carbonyl (C=O) groups excluding carboxylic acids is 1. The Morgan fingerprint density at radius 1 is 1.10 bits per heavy atom. The summed E-state index contributed by atoms with van der Waals surface area (Å²) >= 11 is 0. The fourth-order valence-electron chi connectivity index (χ4n) is 4.11. The van der Waals surface area contributed by atoms with E-state index in [1.807, 2.05) is 12.1 Å². The monoisotopic (exact) mass is 431 g/mol. The van der Waals surface area contributed by atoms with Crippen molar-refractivity contribution in [3.8, 4) is 0 Å². The average molecular weight is 432 g/mol. The zero-order valence-corrected chi connectivity index (χ0v) is 19.7. The first-order valence-electron chi connectivity index (χ1n) is 11.8. The zero-order chi connectivity index (χ0) is 22.5. The molecule has 0 bridgehead atoms. The molecule has 1 fully saturated rings. The number of benzene rings is 1. The second kappa shape index (κ2) is 14.0.